The third kappa shape index (κ3) is 2.71. The van der Waals surface area contributed by atoms with Crippen molar-refractivity contribution in [2.75, 3.05) is 12.9 Å². The van der Waals surface area contributed by atoms with Crippen molar-refractivity contribution < 1.29 is 14.6 Å². The lowest BCUT2D eigenvalue weighted by Gasteiger charge is -2.29. The van der Waals surface area contributed by atoms with Gasteiger partial charge in [0.2, 0.25) is 0 Å². The predicted octanol–water partition coefficient (Wildman–Crippen LogP) is 3.45. The average molecular weight is 345 g/mol. The lowest BCUT2D eigenvalue weighted by molar-refractivity contribution is 0.0694. The molecule has 1 aromatic carbocycles. The molecule has 0 spiro atoms. The molecule has 0 aliphatic carbocycles. The van der Waals surface area contributed by atoms with Gasteiger partial charge in [0.15, 0.2) is 5.43 Å². The van der Waals surface area contributed by atoms with Crippen LogP contribution in [0.2, 0.25) is 0 Å². The first kappa shape index (κ1) is 16.6. The van der Waals surface area contributed by atoms with Crippen molar-refractivity contribution in [3.63, 3.8) is 0 Å². The van der Waals surface area contributed by atoms with Gasteiger partial charge in [-0.1, -0.05) is 0 Å². The molecule has 1 aromatic heterocycles. The fourth-order valence-corrected chi connectivity index (χ4v) is 3.70. The summed E-state index contributed by atoms with van der Waals surface area (Å²) in [5, 5.41) is 9.19. The maximum absolute atomic E-state index is 12.1. The van der Waals surface area contributed by atoms with Gasteiger partial charge in [0, 0.05) is 28.8 Å². The first-order valence-corrected chi connectivity index (χ1v) is 9.02. The molecule has 1 aliphatic heterocycles. The molecule has 0 bridgehead atoms. The van der Waals surface area contributed by atoms with Gasteiger partial charge in [0.25, 0.3) is 0 Å². The van der Waals surface area contributed by atoms with Crippen LogP contribution in [0.4, 0.5) is 0 Å². The van der Waals surface area contributed by atoms with E-state index in [2.05, 4.69) is 0 Å². The normalized spacial score (nSPS) is 15.5. The second kappa shape index (κ2) is 6.36. The first-order valence-electron chi connectivity index (χ1n) is 7.79. The number of aromatic carboxylic acids is 1. The molecule has 24 heavy (non-hydrogen) atoms. The van der Waals surface area contributed by atoms with Crippen molar-refractivity contribution in [3.8, 4) is 17.0 Å². The van der Waals surface area contributed by atoms with E-state index in [0.29, 0.717) is 6.61 Å². The molecular weight excluding hydrogens is 326 g/mol. The number of aromatic nitrogens is 1. The second-order valence-corrected chi connectivity index (χ2v) is 6.64. The Morgan fingerprint density at radius 3 is 2.79 bits per heavy atom. The number of thioether (sulfide) groups is 1. The SMILES string of the molecule is CCOc1cc2c(cc1SC)-c1cc(=O)c(C(=O)O)cn1C(C)C2. The van der Waals surface area contributed by atoms with Crippen molar-refractivity contribution in [1.29, 1.82) is 0 Å². The smallest absolute Gasteiger partial charge is 0.341 e. The van der Waals surface area contributed by atoms with Gasteiger partial charge in [-0.15, -0.1) is 11.8 Å². The number of nitrogens with zero attached hydrogens (tertiary/aromatic N) is 1. The molecule has 6 heteroatoms. The largest absolute Gasteiger partial charge is 0.493 e. The molecule has 1 atom stereocenters. The van der Waals surface area contributed by atoms with Gasteiger partial charge in [-0.2, -0.15) is 0 Å². The number of benzene rings is 1. The maximum Gasteiger partial charge on any atom is 0.341 e. The van der Waals surface area contributed by atoms with E-state index in [1.807, 2.05) is 36.8 Å². The van der Waals surface area contributed by atoms with E-state index in [4.69, 9.17) is 4.74 Å². The Hall–Kier alpha value is -2.21. The fraction of sp³-hybridized carbons (Fsp3) is 0.333. The topological polar surface area (TPSA) is 68.5 Å². The molecule has 0 fully saturated rings. The summed E-state index contributed by atoms with van der Waals surface area (Å²) in [7, 11) is 0. The van der Waals surface area contributed by atoms with E-state index < -0.39 is 11.4 Å². The fourth-order valence-electron chi connectivity index (χ4n) is 3.14. The van der Waals surface area contributed by atoms with Crippen molar-refractivity contribution >= 4 is 17.7 Å². The van der Waals surface area contributed by atoms with Gasteiger partial charge in [-0.05, 0) is 44.2 Å². The van der Waals surface area contributed by atoms with Gasteiger partial charge in [0.1, 0.15) is 11.3 Å². The Labute approximate surface area is 144 Å². The zero-order valence-corrected chi connectivity index (χ0v) is 14.6. The van der Waals surface area contributed by atoms with Crippen molar-refractivity contribution in [1.82, 2.24) is 4.57 Å². The number of carboxylic acids is 1. The van der Waals surface area contributed by atoms with Crippen molar-refractivity contribution in [2.24, 2.45) is 0 Å². The second-order valence-electron chi connectivity index (χ2n) is 5.80. The van der Waals surface area contributed by atoms with Crippen LogP contribution in [0.3, 0.4) is 0 Å². The molecule has 3 rings (SSSR count). The number of rotatable bonds is 4. The van der Waals surface area contributed by atoms with Gasteiger partial charge in [-0.25, -0.2) is 4.79 Å². The van der Waals surface area contributed by atoms with Crippen LogP contribution in [-0.4, -0.2) is 28.5 Å². The number of hydrogen-bond acceptors (Lipinski definition) is 4. The molecular formula is C18H19NO4S. The van der Waals surface area contributed by atoms with Crippen LogP contribution in [0.25, 0.3) is 11.3 Å². The minimum absolute atomic E-state index is 0.0702. The molecule has 1 unspecified atom stereocenters. The Morgan fingerprint density at radius 2 is 2.17 bits per heavy atom. The van der Waals surface area contributed by atoms with E-state index in [-0.39, 0.29) is 11.6 Å². The molecule has 0 radical (unpaired) electrons. The summed E-state index contributed by atoms with van der Waals surface area (Å²) in [6.07, 6.45) is 4.21. The third-order valence-electron chi connectivity index (χ3n) is 4.27. The summed E-state index contributed by atoms with van der Waals surface area (Å²) < 4.78 is 7.61. The zero-order chi connectivity index (χ0) is 17.4. The number of carbonyl (C=O) groups is 1. The maximum atomic E-state index is 12.1. The van der Waals surface area contributed by atoms with Crippen LogP contribution in [0, 0.1) is 0 Å². The molecule has 2 heterocycles. The number of ether oxygens (including phenoxy) is 1. The summed E-state index contributed by atoms with van der Waals surface area (Å²) in [5.74, 6) is -0.335. The monoisotopic (exact) mass is 345 g/mol. The molecule has 0 amide bonds. The Kier molecular flexibility index (Phi) is 4.41. The Bertz CT molecular complexity index is 872. The highest BCUT2D eigenvalue weighted by atomic mass is 32.2. The standard InChI is InChI=1S/C18H19NO4S/c1-4-23-16-6-11-5-10(2)19-9-13(18(21)22)15(20)8-14(19)12(11)7-17(16)24-3/h6-10H,4-5H2,1-3H3,(H,21,22). The lowest BCUT2D eigenvalue weighted by atomic mass is 9.92. The van der Waals surface area contributed by atoms with Crippen molar-refractivity contribution in [2.45, 2.75) is 31.2 Å². The molecule has 126 valence electrons. The molecule has 0 saturated heterocycles. The van der Waals surface area contributed by atoms with Gasteiger partial charge >= 0.3 is 5.97 Å². The summed E-state index contributed by atoms with van der Waals surface area (Å²) in [6.45, 7) is 4.57. The number of pyridine rings is 1. The van der Waals surface area contributed by atoms with E-state index in [1.54, 1.807) is 11.8 Å². The van der Waals surface area contributed by atoms with Crippen LogP contribution >= 0.6 is 11.8 Å². The summed E-state index contributed by atoms with van der Waals surface area (Å²) in [5.41, 5.74) is 2.19. The summed E-state index contributed by atoms with van der Waals surface area (Å²) in [4.78, 5) is 24.4. The van der Waals surface area contributed by atoms with E-state index >= 15 is 0 Å². The molecule has 1 N–H and O–H groups in total. The summed E-state index contributed by atoms with van der Waals surface area (Å²) in [6, 6.07) is 5.58. The Morgan fingerprint density at radius 1 is 1.42 bits per heavy atom. The lowest BCUT2D eigenvalue weighted by Crippen LogP contribution is -2.24. The van der Waals surface area contributed by atoms with Crippen molar-refractivity contribution in [3.05, 3.63) is 45.7 Å². The number of fused-ring (bicyclic) bond motifs is 3. The minimum atomic E-state index is -1.19. The van der Waals surface area contributed by atoms with E-state index in [9.17, 15) is 14.7 Å². The van der Waals surface area contributed by atoms with Gasteiger partial charge in [0.05, 0.1) is 12.3 Å². The zero-order valence-electron chi connectivity index (χ0n) is 13.8. The van der Waals surface area contributed by atoms with Crippen LogP contribution < -0.4 is 10.2 Å². The van der Waals surface area contributed by atoms with Crippen LogP contribution in [0.15, 0.2) is 34.1 Å². The molecule has 2 aromatic rings. The summed E-state index contributed by atoms with van der Waals surface area (Å²) >= 11 is 1.59. The van der Waals surface area contributed by atoms with Crippen LogP contribution in [0.5, 0.6) is 5.75 Å². The molecule has 5 nitrogen and oxygen atoms in total. The first-order chi connectivity index (χ1) is 11.5. The van der Waals surface area contributed by atoms with Gasteiger partial charge < -0.3 is 14.4 Å². The van der Waals surface area contributed by atoms with Crippen LogP contribution in [0.1, 0.15) is 35.8 Å². The molecule has 1 aliphatic rings. The minimum Gasteiger partial charge on any atom is -0.493 e. The molecule has 0 saturated carbocycles. The number of carboxylic acid groups (broad SMARTS) is 1. The quantitative estimate of drug-likeness (QED) is 0.860. The number of hydrogen-bond donors (Lipinski definition) is 1. The highest BCUT2D eigenvalue weighted by molar-refractivity contribution is 7.98. The highest BCUT2D eigenvalue weighted by Crippen LogP contribution is 2.40. The Balaban J connectivity index is 2.24. The van der Waals surface area contributed by atoms with Gasteiger partial charge in [-0.3, -0.25) is 4.79 Å². The predicted molar refractivity (Wildman–Crippen MR) is 94.5 cm³/mol. The average Bonchev–Trinajstić information content (AvgIpc) is 2.54. The van der Waals surface area contributed by atoms with E-state index in [0.717, 1.165) is 33.9 Å². The van der Waals surface area contributed by atoms with Crippen LogP contribution in [-0.2, 0) is 6.42 Å². The highest BCUT2D eigenvalue weighted by Gasteiger charge is 2.25. The van der Waals surface area contributed by atoms with E-state index in [1.165, 1.54) is 12.3 Å². The third-order valence-corrected chi connectivity index (χ3v) is 5.02.